The number of hydrogen-bond donors (Lipinski definition) is 1. The average Bonchev–Trinajstić information content (AvgIpc) is 3.25. The number of halogens is 4. The third kappa shape index (κ3) is 6.28. The molecular formula is C28H35ClF3N5O2Si. The third-order valence-corrected chi connectivity index (χ3v) is 14.3. The Bertz CT molecular complexity index is 1330. The quantitative estimate of drug-likeness (QED) is 0.314. The Labute approximate surface area is 239 Å². The van der Waals surface area contributed by atoms with Crippen molar-refractivity contribution in [1.82, 2.24) is 15.4 Å². The lowest BCUT2D eigenvalue weighted by Gasteiger charge is -2.38. The number of nitrogens with zero attached hydrogens (tertiary/aromatic N) is 4. The number of hydrogen-bond acceptors (Lipinski definition) is 5. The molecule has 0 bridgehead atoms. The fourth-order valence-electron chi connectivity index (χ4n) is 5.46. The van der Waals surface area contributed by atoms with Crippen LogP contribution in [0.25, 0.3) is 0 Å². The van der Waals surface area contributed by atoms with Crippen LogP contribution in [0.5, 0.6) is 0 Å². The van der Waals surface area contributed by atoms with E-state index in [1.165, 1.54) is 11.9 Å². The lowest BCUT2D eigenvalue weighted by Crippen LogP contribution is -2.48. The first-order valence-corrected chi connectivity index (χ1v) is 15.7. The lowest BCUT2D eigenvalue weighted by atomic mass is 10.1. The molecule has 0 saturated carbocycles. The van der Waals surface area contributed by atoms with E-state index in [4.69, 9.17) is 11.6 Å². The maximum absolute atomic E-state index is 13.9. The van der Waals surface area contributed by atoms with Gasteiger partial charge in [0, 0.05) is 23.8 Å². The van der Waals surface area contributed by atoms with E-state index >= 15 is 0 Å². The number of carbonyl (C=O) groups excluding carboxylic acids is 2. The Morgan fingerprint density at radius 1 is 1.12 bits per heavy atom. The number of carbonyl (C=O) groups is 2. The molecule has 1 unspecified atom stereocenters. The standard InChI is InChI=1S/C28H35ClF3N5O2Si/c1-16(2)40(17(3)4,18(5)6)12-11-20-14-24(28(30,31)32)34-27(33-20)37-23(15-25(38)35-37)26(39)36(8)21-9-10-22(29)19(7)13-21/h9-10,13-14,16-18,23H,15H2,1-8H3,(H,35,38). The first kappa shape index (κ1) is 31.4. The fraction of sp³-hybridized carbons (Fsp3) is 0.500. The minimum atomic E-state index is -4.79. The molecule has 2 aromatic rings. The molecule has 2 amide bonds. The summed E-state index contributed by atoms with van der Waals surface area (Å²) in [4.78, 5) is 35.2. The van der Waals surface area contributed by atoms with Crippen molar-refractivity contribution in [3.05, 3.63) is 46.2 Å². The number of alkyl halides is 3. The first-order chi connectivity index (χ1) is 18.5. The number of likely N-dealkylation sites (N-methyl/N-ethyl adjacent to an activating group) is 1. The summed E-state index contributed by atoms with van der Waals surface area (Å²) >= 11 is 6.10. The minimum Gasteiger partial charge on any atom is -0.314 e. The predicted octanol–water partition coefficient (Wildman–Crippen LogP) is 6.30. The van der Waals surface area contributed by atoms with Gasteiger partial charge < -0.3 is 4.90 Å². The van der Waals surface area contributed by atoms with Gasteiger partial charge in [-0.15, -0.1) is 5.54 Å². The van der Waals surface area contributed by atoms with Gasteiger partial charge in [0.2, 0.25) is 11.9 Å². The van der Waals surface area contributed by atoms with E-state index in [0.29, 0.717) is 10.7 Å². The highest BCUT2D eigenvalue weighted by atomic mass is 35.5. The molecule has 40 heavy (non-hydrogen) atoms. The summed E-state index contributed by atoms with van der Waals surface area (Å²) in [5.41, 5.74) is 6.54. The Kier molecular flexibility index (Phi) is 9.26. The van der Waals surface area contributed by atoms with Crippen LogP contribution >= 0.6 is 11.6 Å². The molecule has 7 nitrogen and oxygen atoms in total. The molecule has 1 aliphatic rings. The number of amides is 2. The summed E-state index contributed by atoms with van der Waals surface area (Å²) in [5.74, 6) is 1.41. The van der Waals surface area contributed by atoms with E-state index in [0.717, 1.165) is 16.6 Å². The summed E-state index contributed by atoms with van der Waals surface area (Å²) in [6, 6.07) is 4.63. The van der Waals surface area contributed by atoms with Crippen molar-refractivity contribution in [2.75, 3.05) is 17.0 Å². The molecule has 1 aliphatic heterocycles. The van der Waals surface area contributed by atoms with Crippen LogP contribution in [-0.2, 0) is 15.8 Å². The molecule has 0 spiro atoms. The van der Waals surface area contributed by atoms with Crippen molar-refractivity contribution in [1.29, 1.82) is 0 Å². The van der Waals surface area contributed by atoms with Crippen LogP contribution in [0, 0.1) is 18.4 Å². The van der Waals surface area contributed by atoms with Gasteiger partial charge in [0.25, 0.3) is 5.91 Å². The van der Waals surface area contributed by atoms with Gasteiger partial charge in [0.15, 0.2) is 5.69 Å². The summed E-state index contributed by atoms with van der Waals surface area (Å²) in [6.07, 6.45) is -5.07. The molecule has 216 valence electrons. The fourth-order valence-corrected chi connectivity index (χ4v) is 10.8. The SMILES string of the molecule is Cc1cc(N(C)C(=O)C2CC(=O)NN2c2nc(C#C[Si](C(C)C)(C(C)C)C(C)C)cc(C(F)(F)F)n2)ccc1Cl. The Morgan fingerprint density at radius 3 is 2.25 bits per heavy atom. The van der Waals surface area contributed by atoms with Crippen LogP contribution in [0.1, 0.15) is 64.9 Å². The van der Waals surface area contributed by atoms with Crippen LogP contribution < -0.4 is 15.3 Å². The van der Waals surface area contributed by atoms with Gasteiger partial charge >= 0.3 is 6.18 Å². The van der Waals surface area contributed by atoms with Crippen molar-refractivity contribution in [3.63, 3.8) is 0 Å². The molecule has 1 N–H and O–H groups in total. The van der Waals surface area contributed by atoms with Crippen molar-refractivity contribution in [2.24, 2.45) is 0 Å². The van der Waals surface area contributed by atoms with Crippen LogP contribution in [0.4, 0.5) is 24.8 Å². The monoisotopic (exact) mass is 593 g/mol. The van der Waals surface area contributed by atoms with Gasteiger partial charge in [-0.25, -0.2) is 15.0 Å². The third-order valence-electron chi connectivity index (χ3n) is 7.57. The largest absolute Gasteiger partial charge is 0.433 e. The molecule has 1 aromatic carbocycles. The van der Waals surface area contributed by atoms with Crippen LogP contribution in [0.3, 0.4) is 0 Å². The summed E-state index contributed by atoms with van der Waals surface area (Å²) in [6.45, 7) is 14.4. The summed E-state index contributed by atoms with van der Waals surface area (Å²) in [5, 5.41) is 1.52. The Morgan fingerprint density at radius 2 is 1.73 bits per heavy atom. The van der Waals surface area contributed by atoms with Gasteiger partial charge in [-0.2, -0.15) is 13.2 Å². The molecule has 1 fully saturated rings. The maximum atomic E-state index is 13.9. The summed E-state index contributed by atoms with van der Waals surface area (Å²) < 4.78 is 41.8. The lowest BCUT2D eigenvalue weighted by molar-refractivity contribution is -0.141. The van der Waals surface area contributed by atoms with E-state index in [1.54, 1.807) is 25.1 Å². The number of benzene rings is 1. The molecule has 0 aliphatic carbocycles. The highest BCUT2D eigenvalue weighted by molar-refractivity contribution is 6.90. The number of anilines is 2. The normalized spacial score (nSPS) is 15.9. The molecular weight excluding hydrogens is 559 g/mol. The average molecular weight is 594 g/mol. The number of hydrazine groups is 1. The van der Waals surface area contributed by atoms with Crippen LogP contribution in [0.15, 0.2) is 24.3 Å². The van der Waals surface area contributed by atoms with Gasteiger partial charge in [-0.3, -0.25) is 15.0 Å². The molecule has 2 heterocycles. The van der Waals surface area contributed by atoms with E-state index in [1.807, 2.05) is 0 Å². The number of nitrogens with one attached hydrogen (secondary N) is 1. The van der Waals surface area contributed by atoms with Gasteiger partial charge in [-0.1, -0.05) is 59.1 Å². The molecule has 0 radical (unpaired) electrons. The molecule has 1 saturated heterocycles. The van der Waals surface area contributed by atoms with Crippen molar-refractivity contribution in [3.8, 4) is 11.5 Å². The predicted molar refractivity (Wildman–Crippen MR) is 154 cm³/mol. The van der Waals surface area contributed by atoms with E-state index in [-0.39, 0.29) is 28.7 Å². The van der Waals surface area contributed by atoms with E-state index < -0.39 is 43.7 Å². The van der Waals surface area contributed by atoms with Crippen LogP contribution in [-0.4, -0.2) is 42.9 Å². The van der Waals surface area contributed by atoms with Gasteiger partial charge in [0.1, 0.15) is 19.8 Å². The van der Waals surface area contributed by atoms with Gasteiger partial charge in [0.05, 0.1) is 6.42 Å². The topological polar surface area (TPSA) is 78.4 Å². The molecule has 3 rings (SSSR count). The highest BCUT2D eigenvalue weighted by Gasteiger charge is 2.43. The van der Waals surface area contributed by atoms with Gasteiger partial charge in [-0.05, 0) is 47.3 Å². The second-order valence-corrected chi connectivity index (χ2v) is 17.0. The molecule has 12 heteroatoms. The summed E-state index contributed by atoms with van der Waals surface area (Å²) in [7, 11) is -0.765. The maximum Gasteiger partial charge on any atom is 0.433 e. The zero-order valence-electron chi connectivity index (χ0n) is 23.9. The van der Waals surface area contributed by atoms with E-state index in [9.17, 15) is 22.8 Å². The number of aryl methyl sites for hydroxylation is 1. The van der Waals surface area contributed by atoms with E-state index in [2.05, 4.69) is 68.4 Å². The number of aromatic nitrogens is 2. The zero-order chi connectivity index (χ0) is 30.2. The second kappa shape index (κ2) is 11.8. The highest BCUT2D eigenvalue weighted by Crippen LogP contribution is 2.41. The number of rotatable bonds is 6. The van der Waals surface area contributed by atoms with Crippen LogP contribution in [0.2, 0.25) is 21.6 Å². The molecule has 1 atom stereocenters. The Balaban J connectivity index is 2.09. The van der Waals surface area contributed by atoms with Crippen molar-refractivity contribution < 1.29 is 22.8 Å². The van der Waals surface area contributed by atoms with Crippen molar-refractivity contribution >= 4 is 43.1 Å². The van der Waals surface area contributed by atoms with Crippen molar-refractivity contribution in [2.45, 2.75) is 83.7 Å². The Hall–Kier alpha value is -3.10. The first-order valence-electron chi connectivity index (χ1n) is 13.1. The second-order valence-electron chi connectivity index (χ2n) is 11.0. The zero-order valence-corrected chi connectivity index (χ0v) is 25.7. The smallest absolute Gasteiger partial charge is 0.314 e. The minimum absolute atomic E-state index is 0.120. The molecule has 1 aromatic heterocycles.